The number of rotatable bonds is 6. The van der Waals surface area contributed by atoms with E-state index in [-0.39, 0.29) is 0 Å². The van der Waals surface area contributed by atoms with Gasteiger partial charge in [-0.15, -0.1) is 0 Å². The van der Waals surface area contributed by atoms with Gasteiger partial charge in [0.25, 0.3) is 0 Å². The second kappa shape index (κ2) is 17.5. The van der Waals surface area contributed by atoms with Gasteiger partial charge in [-0.2, -0.15) is 0 Å². The summed E-state index contributed by atoms with van der Waals surface area (Å²) >= 11 is 0. The number of hydrogen-bond acceptors (Lipinski definition) is 2. The SMILES string of the molecule is c1cc(-c2ccc(-c3c4ccccc4c(-c4ccc5oc6ccccc6c5c4)c4ccccc34)cc2)c2ccc(-c3ccc4c(-c5c6ccccc6c(-c6ccc7oc8ccccc8c7c6)c6ccccc56)cccc4c3)cc2c1. The molecule has 0 aliphatic heterocycles. The van der Waals surface area contributed by atoms with E-state index in [4.69, 9.17) is 8.83 Å². The molecular weight excluding hydrogens is 969 g/mol. The van der Waals surface area contributed by atoms with Crippen LogP contribution in [0, 0.1) is 0 Å². The van der Waals surface area contributed by atoms with Crippen LogP contribution < -0.4 is 0 Å². The lowest BCUT2D eigenvalue weighted by molar-refractivity contribution is 0.668. The van der Waals surface area contributed by atoms with E-state index in [1.165, 1.54) is 131 Å². The van der Waals surface area contributed by atoms with Gasteiger partial charge in [-0.25, -0.2) is 0 Å². The third-order valence-corrected chi connectivity index (χ3v) is 17.0. The zero-order chi connectivity index (χ0) is 52.4. The molecule has 2 heterocycles. The van der Waals surface area contributed by atoms with Gasteiger partial charge in [-0.05, 0) is 180 Å². The van der Waals surface area contributed by atoms with E-state index in [9.17, 15) is 0 Å². The Hall–Kier alpha value is -10.5. The fourth-order valence-corrected chi connectivity index (χ4v) is 13.5. The van der Waals surface area contributed by atoms with E-state index >= 15 is 0 Å². The average molecular weight is 1020 g/mol. The molecule has 0 aliphatic rings. The van der Waals surface area contributed by atoms with Crippen LogP contribution in [0.3, 0.4) is 0 Å². The Morgan fingerprint density at radius 2 is 0.487 bits per heavy atom. The Bertz CT molecular complexity index is 5310. The first kappa shape index (κ1) is 44.6. The van der Waals surface area contributed by atoms with Gasteiger partial charge >= 0.3 is 0 Å². The van der Waals surface area contributed by atoms with Crippen molar-refractivity contribution < 1.29 is 8.83 Å². The lowest BCUT2D eigenvalue weighted by atomic mass is 9.84. The Morgan fingerprint density at radius 3 is 0.938 bits per heavy atom. The molecular formula is C78H46O2. The normalized spacial score (nSPS) is 12.0. The minimum atomic E-state index is 0.905. The molecule has 2 heteroatoms. The molecule has 0 radical (unpaired) electrons. The van der Waals surface area contributed by atoms with Gasteiger partial charge in [0.05, 0.1) is 0 Å². The van der Waals surface area contributed by atoms with Crippen LogP contribution in [0.15, 0.2) is 288 Å². The van der Waals surface area contributed by atoms with Crippen molar-refractivity contribution in [3.05, 3.63) is 279 Å². The Balaban J connectivity index is 0.727. The van der Waals surface area contributed by atoms with Crippen molar-refractivity contribution in [1.82, 2.24) is 0 Å². The summed E-state index contributed by atoms with van der Waals surface area (Å²) in [4.78, 5) is 0. The van der Waals surface area contributed by atoms with E-state index < -0.39 is 0 Å². The third-order valence-electron chi connectivity index (χ3n) is 17.0. The number of fused-ring (bicyclic) bond motifs is 12. The van der Waals surface area contributed by atoms with Crippen molar-refractivity contribution in [2.24, 2.45) is 0 Å². The summed E-state index contributed by atoms with van der Waals surface area (Å²) in [5, 5.41) is 19.3. The average Bonchev–Trinajstić information content (AvgIpc) is 4.19. The predicted octanol–water partition coefficient (Wildman–Crippen LogP) is 22.4. The topological polar surface area (TPSA) is 26.3 Å². The molecule has 0 bridgehead atoms. The minimum Gasteiger partial charge on any atom is -0.456 e. The maximum Gasteiger partial charge on any atom is 0.135 e. The van der Waals surface area contributed by atoms with Crippen LogP contribution in [0.2, 0.25) is 0 Å². The highest BCUT2D eigenvalue weighted by atomic mass is 16.3. The molecule has 0 saturated carbocycles. The first-order valence-electron chi connectivity index (χ1n) is 27.5. The molecule has 17 rings (SSSR count). The van der Waals surface area contributed by atoms with E-state index in [1.807, 2.05) is 18.2 Å². The van der Waals surface area contributed by atoms with Crippen LogP contribution >= 0.6 is 0 Å². The van der Waals surface area contributed by atoms with E-state index in [0.717, 1.165) is 43.9 Å². The van der Waals surface area contributed by atoms with Crippen molar-refractivity contribution in [2.45, 2.75) is 0 Å². The van der Waals surface area contributed by atoms with Crippen LogP contribution in [0.1, 0.15) is 0 Å². The zero-order valence-corrected chi connectivity index (χ0v) is 43.4. The molecule has 0 atom stereocenters. The molecule has 15 aromatic carbocycles. The predicted molar refractivity (Wildman–Crippen MR) is 339 cm³/mol. The van der Waals surface area contributed by atoms with Crippen LogP contribution in [-0.2, 0) is 0 Å². The van der Waals surface area contributed by atoms with Crippen LogP contribution in [-0.4, -0.2) is 0 Å². The van der Waals surface area contributed by atoms with Crippen molar-refractivity contribution in [1.29, 1.82) is 0 Å². The lowest BCUT2D eigenvalue weighted by Gasteiger charge is -2.19. The van der Waals surface area contributed by atoms with Gasteiger partial charge in [0.2, 0.25) is 0 Å². The lowest BCUT2D eigenvalue weighted by Crippen LogP contribution is -1.92. The summed E-state index contributed by atoms with van der Waals surface area (Å²) in [5.74, 6) is 0. The van der Waals surface area contributed by atoms with Crippen molar-refractivity contribution >= 4 is 109 Å². The number of hydrogen-bond donors (Lipinski definition) is 0. The van der Waals surface area contributed by atoms with Gasteiger partial charge in [-0.3, -0.25) is 0 Å². The highest BCUT2D eigenvalue weighted by Crippen LogP contribution is 2.48. The molecule has 2 nitrogen and oxygen atoms in total. The summed E-state index contributed by atoms with van der Waals surface area (Å²) in [7, 11) is 0. The number of furan rings is 2. The summed E-state index contributed by atoms with van der Waals surface area (Å²) in [6.07, 6.45) is 0. The van der Waals surface area contributed by atoms with Gasteiger partial charge in [0, 0.05) is 21.5 Å². The van der Waals surface area contributed by atoms with Gasteiger partial charge in [0.15, 0.2) is 0 Å². The maximum atomic E-state index is 6.27. The molecule has 0 fully saturated rings. The fraction of sp³-hybridized carbons (Fsp3) is 0. The standard InChI is InChI=1S/C78H46O2/c1-3-21-63-61(19-1)75(62-20-2-4-22-64(62)76(63)53-37-41-73-69(45-53)58-17-9-11-29-71(58)79-73)48-33-31-47(32-34-48)55-27-13-15-51-43-49(35-39-56(51)55)50-36-40-57-52(44-50)16-14-28-60(57)78-67-25-7-5-23-65(67)77(66-24-6-8-26-68(66)78)54-38-42-74-70(46-54)59-18-10-12-30-72(59)80-74/h1-46H. The molecule has 80 heavy (non-hydrogen) atoms. The van der Waals surface area contributed by atoms with Gasteiger partial charge in [-0.1, -0.05) is 231 Å². The molecule has 0 aliphatic carbocycles. The zero-order valence-electron chi connectivity index (χ0n) is 43.4. The van der Waals surface area contributed by atoms with Gasteiger partial charge in [0.1, 0.15) is 22.3 Å². The Kier molecular flexibility index (Phi) is 9.75. The van der Waals surface area contributed by atoms with E-state index in [1.54, 1.807) is 0 Å². The van der Waals surface area contributed by atoms with Crippen molar-refractivity contribution in [3.63, 3.8) is 0 Å². The minimum absolute atomic E-state index is 0.905. The molecule has 370 valence electrons. The highest BCUT2D eigenvalue weighted by molar-refractivity contribution is 6.25. The third kappa shape index (κ3) is 6.79. The molecule has 17 aromatic rings. The van der Waals surface area contributed by atoms with Gasteiger partial charge < -0.3 is 8.83 Å². The monoisotopic (exact) mass is 1010 g/mol. The van der Waals surface area contributed by atoms with Crippen LogP contribution in [0.25, 0.3) is 175 Å². The fourth-order valence-electron chi connectivity index (χ4n) is 13.5. The largest absolute Gasteiger partial charge is 0.456 e. The number of para-hydroxylation sites is 2. The molecule has 0 N–H and O–H groups in total. The second-order valence-corrected chi connectivity index (χ2v) is 21.4. The molecule has 0 amide bonds. The second-order valence-electron chi connectivity index (χ2n) is 21.4. The highest BCUT2D eigenvalue weighted by Gasteiger charge is 2.21. The summed E-state index contributed by atoms with van der Waals surface area (Å²) in [6.45, 7) is 0. The summed E-state index contributed by atoms with van der Waals surface area (Å²) < 4.78 is 12.5. The maximum absolute atomic E-state index is 6.27. The Morgan fingerprint density at radius 1 is 0.163 bits per heavy atom. The number of benzene rings is 15. The van der Waals surface area contributed by atoms with E-state index in [0.29, 0.717) is 0 Å². The van der Waals surface area contributed by atoms with Crippen LogP contribution in [0.5, 0.6) is 0 Å². The van der Waals surface area contributed by atoms with Crippen LogP contribution in [0.4, 0.5) is 0 Å². The molecule has 0 saturated heterocycles. The molecule has 2 aromatic heterocycles. The molecule has 0 spiro atoms. The van der Waals surface area contributed by atoms with E-state index in [2.05, 4.69) is 261 Å². The Labute approximate surface area is 460 Å². The summed E-state index contributed by atoms with van der Waals surface area (Å²) in [5.41, 5.74) is 18.2. The quantitative estimate of drug-likeness (QED) is 0.155. The first-order valence-corrected chi connectivity index (χ1v) is 27.5. The first-order chi connectivity index (χ1) is 39.7. The molecule has 0 unspecified atom stereocenters. The van der Waals surface area contributed by atoms with Crippen molar-refractivity contribution in [2.75, 3.05) is 0 Å². The summed E-state index contributed by atoms with van der Waals surface area (Å²) in [6, 6.07) is 102. The smallest absolute Gasteiger partial charge is 0.135 e. The van der Waals surface area contributed by atoms with Crippen molar-refractivity contribution in [3.8, 4) is 66.8 Å².